The quantitative estimate of drug-likeness (QED) is 0.372. The maximum absolute atomic E-state index is 13.8. The third kappa shape index (κ3) is 3.84. The number of benzene rings is 1. The molecule has 0 aliphatic heterocycles. The van der Waals surface area contributed by atoms with Crippen LogP contribution in [0.5, 0.6) is 0 Å². The third-order valence-electron chi connectivity index (χ3n) is 3.27. The highest BCUT2D eigenvalue weighted by molar-refractivity contribution is 6.31. The van der Waals surface area contributed by atoms with Crippen molar-refractivity contribution >= 4 is 23.4 Å². The number of carboxylic acid groups (broad SMARTS) is 1. The summed E-state index contributed by atoms with van der Waals surface area (Å²) in [4.78, 5) is 27.4. The van der Waals surface area contributed by atoms with Crippen LogP contribution in [-0.4, -0.2) is 42.3 Å². The summed E-state index contributed by atoms with van der Waals surface area (Å²) in [7, 11) is 0. The van der Waals surface area contributed by atoms with Crippen LogP contribution in [0, 0.1) is 0 Å². The molecule has 1 aromatic carbocycles. The molecule has 138 valence electrons. The lowest BCUT2D eigenvalue weighted by molar-refractivity contribution is -0.290. The number of aliphatic hydroxyl groups is 4. The van der Waals surface area contributed by atoms with E-state index in [0.717, 1.165) is 24.4 Å². The van der Waals surface area contributed by atoms with Gasteiger partial charge in [0.05, 0.1) is 21.7 Å². The van der Waals surface area contributed by atoms with Crippen molar-refractivity contribution in [2.45, 2.75) is 12.1 Å². The average Bonchev–Trinajstić information content (AvgIpc) is 2.51. The lowest BCUT2D eigenvalue weighted by Gasteiger charge is -2.23. The fourth-order valence-corrected chi connectivity index (χ4v) is 2.42. The van der Waals surface area contributed by atoms with Gasteiger partial charge in [-0.25, -0.2) is 4.79 Å². The molecule has 11 heteroatoms. The van der Waals surface area contributed by atoms with E-state index in [1.165, 1.54) is 0 Å². The number of halogens is 3. The number of carboxylic acids is 1. The van der Waals surface area contributed by atoms with Crippen LogP contribution < -0.4 is 0 Å². The number of ketones is 1. The van der Waals surface area contributed by atoms with Crippen molar-refractivity contribution in [1.29, 1.82) is 0 Å². The first kappa shape index (κ1) is 19.8. The van der Waals surface area contributed by atoms with Gasteiger partial charge in [-0.05, 0) is 6.07 Å². The van der Waals surface area contributed by atoms with Crippen LogP contribution in [0.4, 0.5) is 8.78 Å². The monoisotopic (exact) mass is 389 g/mol. The van der Waals surface area contributed by atoms with Gasteiger partial charge in [-0.1, -0.05) is 29.8 Å². The van der Waals surface area contributed by atoms with Crippen LogP contribution in [0.15, 0.2) is 30.5 Å². The maximum Gasteiger partial charge on any atom is 0.345 e. The lowest BCUT2D eigenvalue weighted by atomic mass is 9.93. The predicted molar refractivity (Wildman–Crippen MR) is 80.5 cm³/mol. The van der Waals surface area contributed by atoms with Crippen molar-refractivity contribution in [3.8, 4) is 0 Å². The average molecular weight is 390 g/mol. The minimum atomic E-state index is -4.36. The number of pyridine rings is 1. The van der Waals surface area contributed by atoms with E-state index >= 15 is 0 Å². The van der Waals surface area contributed by atoms with E-state index in [0.29, 0.717) is 6.07 Å². The van der Waals surface area contributed by atoms with Gasteiger partial charge in [-0.2, -0.15) is 8.78 Å². The van der Waals surface area contributed by atoms with Crippen molar-refractivity contribution in [3.63, 3.8) is 0 Å². The van der Waals surface area contributed by atoms with E-state index in [1.54, 1.807) is 0 Å². The molecule has 0 radical (unpaired) electrons. The number of carbonyl (C=O) groups excluding carboxylic acids is 1. The Hall–Kier alpha value is -2.50. The molecule has 0 aliphatic carbocycles. The minimum absolute atomic E-state index is 0.134. The summed E-state index contributed by atoms with van der Waals surface area (Å²) >= 11 is 5.61. The number of aromatic carboxylic acids is 1. The van der Waals surface area contributed by atoms with E-state index in [-0.39, 0.29) is 5.02 Å². The van der Waals surface area contributed by atoms with Crippen LogP contribution in [-0.2, 0) is 12.1 Å². The molecule has 1 aromatic heterocycles. The summed E-state index contributed by atoms with van der Waals surface area (Å²) in [6, 6.07) is -5.46. The summed E-state index contributed by atoms with van der Waals surface area (Å²) < 4.78 is 27.3. The van der Waals surface area contributed by atoms with Gasteiger partial charge in [-0.3, -0.25) is 9.78 Å². The molecule has 0 saturated heterocycles. The standard InChI is InChI=1S/C15H10ClF2NO7/c16-6-4-8(13(21)22)11(19-5-6)12(20)7-2-1-3-9(14(17,23)24)10(7)15(18,25)26/h1-5,23-26H,(H,21,22). The number of hydrogen-bond donors (Lipinski definition) is 5. The van der Waals surface area contributed by atoms with Gasteiger partial charge in [0.2, 0.25) is 5.78 Å². The Balaban J connectivity index is 2.78. The van der Waals surface area contributed by atoms with Crippen molar-refractivity contribution in [1.82, 2.24) is 4.98 Å². The number of nitrogens with zero attached hydrogens (tertiary/aromatic N) is 1. The Bertz CT molecular complexity index is 891. The number of alkyl halides is 2. The zero-order valence-corrected chi connectivity index (χ0v) is 13.3. The largest absolute Gasteiger partial charge is 0.478 e. The number of rotatable bonds is 5. The summed E-state index contributed by atoms with van der Waals surface area (Å²) in [5, 5.41) is 45.5. The fraction of sp³-hybridized carbons (Fsp3) is 0.133. The van der Waals surface area contributed by atoms with Crippen molar-refractivity contribution in [2.75, 3.05) is 0 Å². The first-order valence-corrected chi connectivity index (χ1v) is 7.06. The topological polar surface area (TPSA) is 148 Å². The minimum Gasteiger partial charge on any atom is -0.478 e. The predicted octanol–water partition coefficient (Wildman–Crippen LogP) is 0.793. The second-order valence-corrected chi connectivity index (χ2v) is 5.52. The first-order valence-electron chi connectivity index (χ1n) is 6.69. The number of aromatic nitrogens is 1. The summed E-state index contributed by atoms with van der Waals surface area (Å²) in [6.45, 7) is 0. The summed E-state index contributed by atoms with van der Waals surface area (Å²) in [6.07, 6.45) is 0.906. The van der Waals surface area contributed by atoms with Crippen LogP contribution in [0.25, 0.3) is 0 Å². The van der Waals surface area contributed by atoms with Gasteiger partial charge in [0, 0.05) is 11.8 Å². The SMILES string of the molecule is O=C(O)c1cc(Cl)cnc1C(=O)c1cccc(C(O)(O)F)c1C(O)(O)F. The molecule has 0 amide bonds. The van der Waals surface area contributed by atoms with Crippen LogP contribution >= 0.6 is 11.6 Å². The molecule has 0 fully saturated rings. The molecule has 0 aliphatic rings. The Labute approximate surface area is 148 Å². The fourth-order valence-electron chi connectivity index (χ4n) is 2.26. The number of carbonyl (C=O) groups is 2. The Morgan fingerprint density at radius 1 is 1.04 bits per heavy atom. The highest BCUT2D eigenvalue weighted by atomic mass is 35.5. The summed E-state index contributed by atoms with van der Waals surface area (Å²) in [5.74, 6) is -2.98. The third-order valence-corrected chi connectivity index (χ3v) is 3.48. The highest BCUT2D eigenvalue weighted by Crippen LogP contribution is 2.35. The highest BCUT2D eigenvalue weighted by Gasteiger charge is 2.41. The normalized spacial score (nSPS) is 12.1. The van der Waals surface area contributed by atoms with E-state index in [4.69, 9.17) is 26.9 Å². The second kappa shape index (κ2) is 6.67. The van der Waals surface area contributed by atoms with E-state index in [1.807, 2.05) is 0 Å². The molecule has 5 N–H and O–H groups in total. The molecular formula is C15H10ClF2NO7. The molecule has 0 unspecified atom stereocenters. The van der Waals surface area contributed by atoms with Gasteiger partial charge in [0.1, 0.15) is 5.69 Å². The van der Waals surface area contributed by atoms with Crippen LogP contribution in [0.1, 0.15) is 37.5 Å². The number of hydrogen-bond acceptors (Lipinski definition) is 7. The molecule has 1 heterocycles. The Morgan fingerprint density at radius 3 is 2.15 bits per heavy atom. The molecule has 0 bridgehead atoms. The van der Waals surface area contributed by atoms with Gasteiger partial charge in [-0.15, -0.1) is 0 Å². The zero-order valence-electron chi connectivity index (χ0n) is 12.5. The first-order chi connectivity index (χ1) is 11.8. The van der Waals surface area contributed by atoms with E-state index < -0.39 is 51.8 Å². The molecule has 0 spiro atoms. The van der Waals surface area contributed by atoms with Crippen molar-refractivity contribution in [2.24, 2.45) is 0 Å². The van der Waals surface area contributed by atoms with Crippen LogP contribution in [0.3, 0.4) is 0 Å². The van der Waals surface area contributed by atoms with Gasteiger partial charge < -0.3 is 25.5 Å². The molecule has 0 saturated carbocycles. The zero-order chi connectivity index (χ0) is 19.9. The van der Waals surface area contributed by atoms with Crippen LogP contribution in [0.2, 0.25) is 5.02 Å². The molecule has 8 nitrogen and oxygen atoms in total. The Kier molecular flexibility index (Phi) is 5.08. The Morgan fingerprint density at radius 2 is 1.65 bits per heavy atom. The van der Waals surface area contributed by atoms with Gasteiger partial charge >= 0.3 is 18.1 Å². The van der Waals surface area contributed by atoms with Crippen molar-refractivity contribution < 1.29 is 43.9 Å². The summed E-state index contributed by atoms with van der Waals surface area (Å²) in [5.41, 5.74) is -5.33. The van der Waals surface area contributed by atoms with E-state index in [2.05, 4.69) is 4.98 Å². The lowest BCUT2D eigenvalue weighted by Crippen LogP contribution is -2.30. The molecule has 2 aromatic rings. The molecular weight excluding hydrogens is 380 g/mol. The smallest absolute Gasteiger partial charge is 0.345 e. The van der Waals surface area contributed by atoms with Gasteiger partial charge in [0.25, 0.3) is 0 Å². The van der Waals surface area contributed by atoms with Crippen molar-refractivity contribution in [3.05, 3.63) is 63.4 Å². The van der Waals surface area contributed by atoms with Gasteiger partial charge in [0.15, 0.2) is 0 Å². The molecule has 0 atom stereocenters. The molecule has 2 rings (SSSR count). The maximum atomic E-state index is 13.8. The van der Waals surface area contributed by atoms with E-state index in [9.17, 15) is 28.6 Å². The molecule has 26 heavy (non-hydrogen) atoms. The second-order valence-electron chi connectivity index (χ2n) is 5.09.